The summed E-state index contributed by atoms with van der Waals surface area (Å²) in [5.41, 5.74) is 5.19. The number of hydrogen-bond donors (Lipinski definition) is 2. The number of halogens is 1. The highest BCUT2D eigenvalue weighted by atomic mass is 79.9. The third-order valence-electron chi connectivity index (χ3n) is 4.27. The van der Waals surface area contributed by atoms with Gasteiger partial charge in [-0.25, -0.2) is 4.98 Å². The summed E-state index contributed by atoms with van der Waals surface area (Å²) in [6, 6.07) is 21.2. The molecule has 4 nitrogen and oxygen atoms in total. The molecule has 1 aromatic heterocycles. The number of rotatable bonds is 3. The highest BCUT2D eigenvalue weighted by Crippen LogP contribution is 2.26. The number of benzene rings is 3. The number of anilines is 1. The van der Waals surface area contributed by atoms with E-state index < -0.39 is 0 Å². The van der Waals surface area contributed by atoms with Gasteiger partial charge in [-0.3, -0.25) is 4.79 Å². The molecule has 128 valence electrons. The molecule has 5 heteroatoms. The van der Waals surface area contributed by atoms with Gasteiger partial charge in [0.1, 0.15) is 5.82 Å². The number of hydrogen-bond acceptors (Lipinski definition) is 2. The van der Waals surface area contributed by atoms with Crippen molar-refractivity contribution in [2.75, 3.05) is 5.32 Å². The first-order valence-electron chi connectivity index (χ1n) is 8.23. The van der Waals surface area contributed by atoms with Gasteiger partial charge >= 0.3 is 0 Å². The van der Waals surface area contributed by atoms with Crippen LogP contribution in [0.4, 0.5) is 5.69 Å². The maximum Gasteiger partial charge on any atom is 0.256 e. The molecule has 0 aliphatic rings. The number of nitrogens with one attached hydrogen (secondary N) is 2. The van der Waals surface area contributed by atoms with Gasteiger partial charge in [-0.2, -0.15) is 0 Å². The lowest BCUT2D eigenvalue weighted by Gasteiger charge is -2.11. The van der Waals surface area contributed by atoms with Gasteiger partial charge in [0, 0.05) is 15.7 Å². The largest absolute Gasteiger partial charge is 0.338 e. The van der Waals surface area contributed by atoms with Gasteiger partial charge < -0.3 is 10.3 Å². The molecule has 0 atom stereocenters. The molecule has 0 spiro atoms. The molecule has 1 amide bonds. The second-order valence-corrected chi connectivity index (χ2v) is 6.92. The fourth-order valence-electron chi connectivity index (χ4n) is 2.83. The molecule has 0 radical (unpaired) electrons. The molecule has 0 fully saturated rings. The summed E-state index contributed by atoms with van der Waals surface area (Å²) < 4.78 is 0.767. The topological polar surface area (TPSA) is 57.8 Å². The van der Waals surface area contributed by atoms with E-state index in [0.29, 0.717) is 5.56 Å². The van der Waals surface area contributed by atoms with Crippen LogP contribution in [0.2, 0.25) is 0 Å². The second-order valence-electron chi connectivity index (χ2n) is 6.07. The highest BCUT2D eigenvalue weighted by Gasteiger charge is 2.12. The van der Waals surface area contributed by atoms with E-state index in [2.05, 4.69) is 31.2 Å². The van der Waals surface area contributed by atoms with E-state index in [1.54, 1.807) is 6.07 Å². The molecule has 3 aromatic carbocycles. The molecular formula is C21H16BrN3O. The number of aromatic nitrogens is 2. The Labute approximate surface area is 159 Å². The van der Waals surface area contributed by atoms with Gasteiger partial charge in [-0.1, -0.05) is 36.4 Å². The predicted octanol–water partition coefficient (Wildman–Crippen LogP) is 5.55. The van der Waals surface area contributed by atoms with Gasteiger partial charge in [0.25, 0.3) is 5.91 Å². The van der Waals surface area contributed by atoms with E-state index in [1.165, 1.54) is 0 Å². The maximum atomic E-state index is 12.6. The fourth-order valence-corrected chi connectivity index (χ4v) is 3.29. The van der Waals surface area contributed by atoms with Gasteiger partial charge in [-0.05, 0) is 58.7 Å². The third kappa shape index (κ3) is 3.13. The summed E-state index contributed by atoms with van der Waals surface area (Å²) in [6.45, 7) is 1.97. The van der Waals surface area contributed by atoms with Crippen molar-refractivity contribution in [1.82, 2.24) is 9.97 Å². The Kier molecular flexibility index (Phi) is 4.31. The molecule has 26 heavy (non-hydrogen) atoms. The lowest BCUT2D eigenvalue weighted by molar-refractivity contribution is 0.102. The van der Waals surface area contributed by atoms with Crippen LogP contribution < -0.4 is 5.32 Å². The molecule has 0 aliphatic carbocycles. The molecule has 0 aliphatic heterocycles. The monoisotopic (exact) mass is 405 g/mol. The average molecular weight is 406 g/mol. The Balaban J connectivity index is 1.68. The van der Waals surface area contributed by atoms with Crippen LogP contribution in [0.1, 0.15) is 15.9 Å². The Bertz CT molecular complexity index is 1080. The number of H-pyrrole nitrogens is 1. The molecular weight excluding hydrogens is 390 g/mol. The summed E-state index contributed by atoms with van der Waals surface area (Å²) in [6.07, 6.45) is 0. The number of aromatic amines is 1. The molecule has 0 saturated heterocycles. The fraction of sp³-hybridized carbons (Fsp3) is 0.0476. The van der Waals surface area contributed by atoms with E-state index >= 15 is 0 Å². The minimum atomic E-state index is -0.151. The van der Waals surface area contributed by atoms with E-state index in [-0.39, 0.29) is 5.91 Å². The van der Waals surface area contributed by atoms with Crippen LogP contribution in [-0.2, 0) is 0 Å². The summed E-state index contributed by atoms with van der Waals surface area (Å²) in [5, 5.41) is 3.00. The van der Waals surface area contributed by atoms with E-state index in [0.717, 1.165) is 38.1 Å². The van der Waals surface area contributed by atoms with E-state index in [1.807, 2.05) is 67.6 Å². The third-order valence-corrected chi connectivity index (χ3v) is 4.96. The van der Waals surface area contributed by atoms with E-state index in [4.69, 9.17) is 0 Å². The van der Waals surface area contributed by atoms with Gasteiger partial charge in [-0.15, -0.1) is 0 Å². The van der Waals surface area contributed by atoms with E-state index in [9.17, 15) is 4.79 Å². The summed E-state index contributed by atoms with van der Waals surface area (Å²) in [4.78, 5) is 20.6. The number of imidazole rings is 1. The number of nitrogens with zero attached hydrogens (tertiary/aromatic N) is 1. The summed E-state index contributed by atoms with van der Waals surface area (Å²) in [7, 11) is 0. The first kappa shape index (κ1) is 16.5. The van der Waals surface area contributed by atoms with Gasteiger partial charge in [0.05, 0.1) is 16.6 Å². The minimum Gasteiger partial charge on any atom is -0.338 e. The van der Waals surface area contributed by atoms with Crippen LogP contribution in [0.15, 0.2) is 71.2 Å². The number of amides is 1. The normalized spacial score (nSPS) is 10.8. The zero-order valence-electron chi connectivity index (χ0n) is 14.1. The van der Waals surface area contributed by atoms with Crippen LogP contribution in [0.3, 0.4) is 0 Å². The lowest BCUT2D eigenvalue weighted by Crippen LogP contribution is -2.13. The quantitative estimate of drug-likeness (QED) is 0.469. The van der Waals surface area contributed by atoms with Crippen LogP contribution in [0.25, 0.3) is 22.4 Å². The van der Waals surface area contributed by atoms with Crippen molar-refractivity contribution in [3.8, 4) is 11.4 Å². The molecule has 2 N–H and O–H groups in total. The zero-order valence-corrected chi connectivity index (χ0v) is 15.7. The molecule has 0 saturated carbocycles. The van der Waals surface area contributed by atoms with Crippen LogP contribution >= 0.6 is 15.9 Å². The smallest absolute Gasteiger partial charge is 0.256 e. The second kappa shape index (κ2) is 6.77. The highest BCUT2D eigenvalue weighted by molar-refractivity contribution is 9.10. The average Bonchev–Trinajstić information content (AvgIpc) is 3.08. The molecule has 4 aromatic rings. The van der Waals surface area contributed by atoms with Crippen molar-refractivity contribution in [3.05, 3.63) is 82.3 Å². The van der Waals surface area contributed by atoms with Crippen molar-refractivity contribution >= 4 is 38.6 Å². The number of carbonyl (C=O) groups excluding carboxylic acids is 1. The minimum absolute atomic E-state index is 0.151. The zero-order chi connectivity index (χ0) is 18.1. The maximum absolute atomic E-state index is 12.6. The first-order valence-corrected chi connectivity index (χ1v) is 9.03. The van der Waals surface area contributed by atoms with Crippen molar-refractivity contribution in [2.24, 2.45) is 0 Å². The van der Waals surface area contributed by atoms with Crippen LogP contribution in [0.5, 0.6) is 0 Å². The van der Waals surface area contributed by atoms with Crippen LogP contribution in [0, 0.1) is 6.92 Å². The number of carbonyl (C=O) groups is 1. The first-order chi connectivity index (χ1) is 12.6. The SMILES string of the molecule is Cc1ccc(-c2nc3ccccc3[nH]2)cc1NC(=O)c1ccccc1Br. The number of para-hydroxylation sites is 2. The van der Waals surface area contributed by atoms with Crippen molar-refractivity contribution < 1.29 is 4.79 Å². The Morgan fingerprint density at radius 2 is 1.81 bits per heavy atom. The summed E-state index contributed by atoms with van der Waals surface area (Å²) >= 11 is 3.42. The predicted molar refractivity (Wildman–Crippen MR) is 108 cm³/mol. The van der Waals surface area contributed by atoms with Crippen molar-refractivity contribution in [2.45, 2.75) is 6.92 Å². The Hall–Kier alpha value is -2.92. The van der Waals surface area contributed by atoms with Gasteiger partial charge in [0.15, 0.2) is 0 Å². The van der Waals surface area contributed by atoms with Crippen molar-refractivity contribution in [3.63, 3.8) is 0 Å². The van der Waals surface area contributed by atoms with Crippen molar-refractivity contribution in [1.29, 1.82) is 0 Å². The van der Waals surface area contributed by atoms with Crippen LogP contribution in [-0.4, -0.2) is 15.9 Å². The molecule has 4 rings (SSSR count). The van der Waals surface area contributed by atoms with Gasteiger partial charge in [0.2, 0.25) is 0 Å². The number of fused-ring (bicyclic) bond motifs is 1. The summed E-state index contributed by atoms with van der Waals surface area (Å²) in [5.74, 6) is 0.630. The molecule has 0 bridgehead atoms. The molecule has 0 unspecified atom stereocenters. The molecule has 1 heterocycles. The lowest BCUT2D eigenvalue weighted by atomic mass is 10.1. The number of aryl methyl sites for hydroxylation is 1. The Morgan fingerprint density at radius 3 is 2.62 bits per heavy atom. The Morgan fingerprint density at radius 1 is 1.04 bits per heavy atom. The standard InChI is InChI=1S/C21H16BrN3O/c1-13-10-11-14(20-23-17-8-4-5-9-18(17)24-20)12-19(13)25-21(26)15-6-2-3-7-16(15)22/h2-12H,1H3,(H,23,24)(H,25,26).